The third kappa shape index (κ3) is 6.54. The largest absolute Gasteiger partial charge is 0.461 e. The maximum Gasteiger partial charge on any atom is 0.461 e. The Balaban J connectivity index is 1.84. The van der Waals surface area contributed by atoms with Crippen molar-refractivity contribution in [3.63, 3.8) is 0 Å². The van der Waals surface area contributed by atoms with Crippen LogP contribution in [0, 0.1) is 0 Å². The third-order valence-electron chi connectivity index (χ3n) is 6.26. The first-order chi connectivity index (χ1) is 18.2. The highest BCUT2D eigenvalue weighted by Gasteiger charge is 2.45. The van der Waals surface area contributed by atoms with E-state index in [0.29, 0.717) is 35.9 Å². The van der Waals surface area contributed by atoms with Gasteiger partial charge >= 0.3 is 18.6 Å². The molecule has 1 atom stereocenters. The van der Waals surface area contributed by atoms with Gasteiger partial charge in [-0.2, -0.15) is 17.6 Å². The Hall–Kier alpha value is -3.37. The fourth-order valence-electron chi connectivity index (χ4n) is 4.39. The second-order valence-corrected chi connectivity index (χ2v) is 9.38. The molecule has 1 aromatic heterocycles. The van der Waals surface area contributed by atoms with E-state index in [1.807, 2.05) is 30.3 Å². The molecule has 0 saturated carbocycles. The maximum atomic E-state index is 13.8. The van der Waals surface area contributed by atoms with Crippen molar-refractivity contribution in [2.45, 2.75) is 30.9 Å². The van der Waals surface area contributed by atoms with Gasteiger partial charge < -0.3 is 20.3 Å². The van der Waals surface area contributed by atoms with Gasteiger partial charge in [-0.05, 0) is 48.4 Å². The second kappa shape index (κ2) is 12.0. The molecule has 6 nitrogen and oxygen atoms in total. The van der Waals surface area contributed by atoms with Crippen molar-refractivity contribution in [2.24, 2.45) is 0 Å². The van der Waals surface area contributed by atoms with E-state index in [9.17, 15) is 22.4 Å². The molecule has 0 unspecified atom stereocenters. The molecule has 202 valence electrons. The normalized spacial score (nSPS) is 16.0. The summed E-state index contributed by atoms with van der Waals surface area (Å²) in [5.41, 5.74) is 0.124. The Morgan fingerprint density at radius 2 is 1.87 bits per heavy atom. The summed E-state index contributed by atoms with van der Waals surface area (Å²) in [5.74, 6) is -0.479. The summed E-state index contributed by atoms with van der Waals surface area (Å²) in [5, 5.41) is 6.71. The molecule has 1 fully saturated rings. The fourth-order valence-corrected chi connectivity index (χ4v) is 4.50. The molecule has 0 aliphatic carbocycles. The highest BCUT2D eigenvalue weighted by Crippen LogP contribution is 2.36. The number of ether oxygens (including phenoxy) is 1. The number of benzene rings is 2. The molecular weight excluding hydrogens is 524 g/mol. The zero-order chi connectivity index (χ0) is 27.2. The number of amides is 2. The van der Waals surface area contributed by atoms with E-state index in [1.54, 1.807) is 23.1 Å². The van der Waals surface area contributed by atoms with Gasteiger partial charge in [0, 0.05) is 32.3 Å². The average Bonchev–Trinajstić information content (AvgIpc) is 3.19. The highest BCUT2D eigenvalue weighted by atomic mass is 35.5. The summed E-state index contributed by atoms with van der Waals surface area (Å²) in [6, 6.07) is 17.5. The molecule has 38 heavy (non-hydrogen) atoms. The summed E-state index contributed by atoms with van der Waals surface area (Å²) in [4.78, 5) is 19.8. The van der Waals surface area contributed by atoms with Gasteiger partial charge in [0.05, 0.1) is 10.7 Å². The van der Waals surface area contributed by atoms with Crippen molar-refractivity contribution in [3.05, 3.63) is 94.8 Å². The first kappa shape index (κ1) is 27.7. The zero-order valence-corrected chi connectivity index (χ0v) is 21.1. The molecule has 1 aliphatic rings. The first-order valence-corrected chi connectivity index (χ1v) is 12.5. The van der Waals surface area contributed by atoms with Crippen molar-refractivity contribution < 1.29 is 27.1 Å². The number of rotatable bonds is 8. The van der Waals surface area contributed by atoms with Crippen LogP contribution >= 0.6 is 11.6 Å². The van der Waals surface area contributed by atoms with Gasteiger partial charge in [0.1, 0.15) is 11.3 Å². The fraction of sp³-hybridized carbons (Fsp3) is 0.333. The van der Waals surface area contributed by atoms with Gasteiger partial charge in [-0.3, -0.25) is 4.98 Å². The molecule has 2 heterocycles. The molecule has 2 N–H and O–H groups in total. The molecule has 2 aromatic carbocycles. The van der Waals surface area contributed by atoms with Crippen LogP contribution in [0.5, 0.6) is 5.75 Å². The number of aromatic nitrogens is 1. The van der Waals surface area contributed by atoms with Crippen molar-refractivity contribution >= 4 is 17.6 Å². The minimum absolute atomic E-state index is 0.176. The Labute approximate surface area is 223 Å². The Bertz CT molecular complexity index is 1210. The third-order valence-corrected chi connectivity index (χ3v) is 6.48. The number of halogens is 5. The number of pyridine rings is 1. The van der Waals surface area contributed by atoms with Crippen LogP contribution in [0.25, 0.3) is 0 Å². The van der Waals surface area contributed by atoms with Gasteiger partial charge in [-0.25, -0.2) is 4.79 Å². The average molecular weight is 551 g/mol. The minimum atomic E-state index is -4.69. The maximum absolute atomic E-state index is 13.8. The number of carbonyl (C=O) groups is 1. The summed E-state index contributed by atoms with van der Waals surface area (Å²) in [7, 11) is 0. The van der Waals surface area contributed by atoms with Crippen LogP contribution in [0.15, 0.2) is 72.9 Å². The predicted octanol–water partition coefficient (Wildman–Crippen LogP) is 5.46. The lowest BCUT2D eigenvalue weighted by Crippen LogP contribution is -2.54. The second-order valence-electron chi connectivity index (χ2n) is 8.94. The Kier molecular flexibility index (Phi) is 8.73. The molecule has 11 heteroatoms. The van der Waals surface area contributed by atoms with Crippen molar-refractivity contribution in [1.29, 1.82) is 0 Å². The van der Waals surface area contributed by atoms with E-state index in [-0.39, 0.29) is 12.5 Å². The van der Waals surface area contributed by atoms with Gasteiger partial charge in [-0.15, -0.1) is 0 Å². The lowest BCUT2D eigenvalue weighted by atomic mass is 9.80. The topological polar surface area (TPSA) is 66.5 Å². The lowest BCUT2D eigenvalue weighted by molar-refractivity contribution is -0.253. The quantitative estimate of drug-likeness (QED) is 0.365. The van der Waals surface area contributed by atoms with Crippen LogP contribution in [0.3, 0.4) is 0 Å². The predicted molar refractivity (Wildman–Crippen MR) is 136 cm³/mol. The van der Waals surface area contributed by atoms with E-state index in [4.69, 9.17) is 11.6 Å². The summed E-state index contributed by atoms with van der Waals surface area (Å²) < 4.78 is 57.7. The van der Waals surface area contributed by atoms with Crippen molar-refractivity contribution in [3.8, 4) is 5.75 Å². The summed E-state index contributed by atoms with van der Waals surface area (Å²) >= 11 is 6.10. The number of nitrogens with zero attached hydrogens (tertiary/aromatic N) is 2. The molecule has 1 aliphatic heterocycles. The Morgan fingerprint density at radius 3 is 2.58 bits per heavy atom. The number of carbonyl (C=O) groups excluding carboxylic acids is 1. The minimum Gasteiger partial charge on any atom is -0.428 e. The number of alkyl halides is 4. The van der Waals surface area contributed by atoms with Gasteiger partial charge in [0.2, 0.25) is 0 Å². The van der Waals surface area contributed by atoms with Crippen LogP contribution in [0.4, 0.5) is 22.4 Å². The summed E-state index contributed by atoms with van der Waals surface area (Å²) in [6.45, 7) is 2.36. The zero-order valence-electron chi connectivity index (χ0n) is 20.3. The van der Waals surface area contributed by atoms with Crippen LogP contribution in [0.1, 0.15) is 23.2 Å². The monoisotopic (exact) mass is 550 g/mol. The van der Waals surface area contributed by atoms with E-state index in [2.05, 4.69) is 20.4 Å². The number of hydrogen-bond donors (Lipinski definition) is 2. The van der Waals surface area contributed by atoms with E-state index < -0.39 is 23.8 Å². The van der Waals surface area contributed by atoms with Crippen molar-refractivity contribution in [1.82, 2.24) is 20.5 Å². The highest BCUT2D eigenvalue weighted by molar-refractivity contribution is 6.30. The van der Waals surface area contributed by atoms with E-state index >= 15 is 0 Å². The van der Waals surface area contributed by atoms with Crippen molar-refractivity contribution in [2.75, 3.05) is 26.2 Å². The lowest BCUT2D eigenvalue weighted by Gasteiger charge is -2.37. The number of urea groups is 1. The number of nitrogens with one attached hydrogen (secondary N) is 2. The smallest absolute Gasteiger partial charge is 0.428 e. The van der Waals surface area contributed by atoms with Crippen LogP contribution < -0.4 is 15.4 Å². The molecular formula is C27H27ClF4N4O2. The summed E-state index contributed by atoms with van der Waals surface area (Å²) in [6.07, 6.45) is -6.36. The number of hydrogen-bond acceptors (Lipinski definition) is 4. The Morgan fingerprint density at radius 1 is 1.08 bits per heavy atom. The molecule has 0 radical (unpaired) electrons. The molecule has 3 aromatic rings. The first-order valence-electron chi connectivity index (χ1n) is 12.1. The standard InChI is InChI=1S/C27H27ClF4N4O2/c28-21-10-11-23(34-18-21)26(17-19-6-2-1-3-7-19,35-25(37)36-14-5-12-33-13-15-36)20-8-4-9-22(16-20)38-27(31,32)24(29)30/h1-4,6-11,16,18,24,33H,5,12-15,17H2,(H,35,37)/t26-/m0/s1. The van der Waals surface area contributed by atoms with Gasteiger partial charge in [-0.1, -0.05) is 54.1 Å². The van der Waals surface area contributed by atoms with E-state index in [0.717, 1.165) is 24.6 Å². The molecule has 2 amide bonds. The van der Waals surface area contributed by atoms with E-state index in [1.165, 1.54) is 18.3 Å². The SMILES string of the molecule is O=C(N[C@@](Cc1ccccc1)(c1cccc(OC(F)(F)C(F)F)c1)c1ccc(Cl)cn1)N1CCCNCC1. The molecule has 0 spiro atoms. The molecule has 4 rings (SSSR count). The van der Waals surface area contributed by atoms with Crippen LogP contribution in [-0.4, -0.2) is 54.6 Å². The molecule has 1 saturated heterocycles. The van der Waals surface area contributed by atoms with Gasteiger partial charge in [0.25, 0.3) is 0 Å². The molecule has 0 bridgehead atoms. The van der Waals surface area contributed by atoms with Crippen LogP contribution in [0.2, 0.25) is 5.02 Å². The van der Waals surface area contributed by atoms with Crippen LogP contribution in [-0.2, 0) is 12.0 Å². The van der Waals surface area contributed by atoms with Gasteiger partial charge in [0.15, 0.2) is 0 Å².